The minimum Gasteiger partial charge on any atom is -0.361 e. The van der Waals surface area contributed by atoms with Gasteiger partial charge in [-0.2, -0.15) is 0 Å². The highest BCUT2D eigenvalue weighted by molar-refractivity contribution is 5.90. The zero-order valence-electron chi connectivity index (χ0n) is 18.5. The molecule has 0 saturated carbocycles. The van der Waals surface area contributed by atoms with Crippen molar-refractivity contribution in [2.75, 3.05) is 20.1 Å². The molecule has 6 nitrogen and oxygen atoms in total. The monoisotopic (exact) mass is 443 g/mol. The molecule has 0 spiro atoms. The minimum atomic E-state index is -0.318. The van der Waals surface area contributed by atoms with Crippen LogP contribution in [-0.4, -0.2) is 56.8 Å². The van der Waals surface area contributed by atoms with Crippen molar-refractivity contribution in [3.63, 3.8) is 0 Å². The van der Waals surface area contributed by atoms with E-state index in [1.165, 1.54) is 6.07 Å². The van der Waals surface area contributed by atoms with Gasteiger partial charge in [0.25, 0.3) is 5.91 Å². The standard InChI is InChI=1S/C26H26FN5O/c1-31-13-8-22(9-14-31)32(26(33)25-29-10-2-11-30-25)17-21-16-18(3-5-23(21)27)19-4-6-24-20(15-19)7-12-28-24/h2-7,10-12,15-16,22,28H,8-9,13-14,17H2,1H3. The number of fused-ring (bicyclic) bond motifs is 1. The zero-order chi connectivity index (χ0) is 22.8. The number of carbonyl (C=O) groups excluding carboxylic acids is 1. The van der Waals surface area contributed by atoms with Gasteiger partial charge in [0.05, 0.1) is 0 Å². The molecule has 0 aliphatic carbocycles. The lowest BCUT2D eigenvalue weighted by molar-refractivity contribution is 0.0554. The molecule has 1 aliphatic rings. The summed E-state index contributed by atoms with van der Waals surface area (Å²) in [7, 11) is 2.08. The van der Waals surface area contributed by atoms with Crippen molar-refractivity contribution in [2.24, 2.45) is 0 Å². The van der Waals surface area contributed by atoms with Gasteiger partial charge in [-0.05, 0) is 85.9 Å². The Hall–Kier alpha value is -3.58. The molecule has 2 aromatic carbocycles. The number of aromatic nitrogens is 3. The van der Waals surface area contributed by atoms with Crippen LogP contribution in [0, 0.1) is 5.82 Å². The van der Waals surface area contributed by atoms with Gasteiger partial charge in [-0.1, -0.05) is 12.1 Å². The first-order chi connectivity index (χ1) is 16.1. The molecule has 0 unspecified atom stereocenters. The number of hydrogen-bond acceptors (Lipinski definition) is 4. The predicted molar refractivity (Wildman–Crippen MR) is 126 cm³/mol. The molecule has 1 amide bonds. The first-order valence-corrected chi connectivity index (χ1v) is 11.2. The quantitative estimate of drug-likeness (QED) is 0.493. The second-order valence-electron chi connectivity index (χ2n) is 8.63. The van der Waals surface area contributed by atoms with Crippen molar-refractivity contribution < 1.29 is 9.18 Å². The van der Waals surface area contributed by atoms with Crippen LogP contribution in [0.2, 0.25) is 0 Å². The van der Waals surface area contributed by atoms with Gasteiger partial charge in [-0.25, -0.2) is 14.4 Å². The van der Waals surface area contributed by atoms with E-state index in [4.69, 9.17) is 0 Å². The largest absolute Gasteiger partial charge is 0.361 e. The molecule has 33 heavy (non-hydrogen) atoms. The Morgan fingerprint density at radius 2 is 1.82 bits per heavy atom. The van der Waals surface area contributed by atoms with E-state index in [0.717, 1.165) is 48.0 Å². The number of H-pyrrole nitrogens is 1. The van der Waals surface area contributed by atoms with Crippen LogP contribution in [0.1, 0.15) is 29.0 Å². The van der Waals surface area contributed by atoms with E-state index in [1.54, 1.807) is 29.4 Å². The number of likely N-dealkylation sites (tertiary alicyclic amines) is 1. The van der Waals surface area contributed by atoms with Gasteiger partial charge in [0, 0.05) is 42.3 Å². The molecule has 1 aliphatic heterocycles. The summed E-state index contributed by atoms with van der Waals surface area (Å²) in [5, 5.41) is 1.10. The summed E-state index contributed by atoms with van der Waals surface area (Å²) >= 11 is 0. The molecular weight excluding hydrogens is 417 g/mol. The first kappa shape index (κ1) is 21.3. The fourth-order valence-corrected chi connectivity index (χ4v) is 4.50. The number of nitrogens with one attached hydrogen (secondary N) is 1. The molecule has 168 valence electrons. The third-order valence-corrected chi connectivity index (χ3v) is 6.42. The Kier molecular flexibility index (Phi) is 5.88. The lowest BCUT2D eigenvalue weighted by Gasteiger charge is -2.37. The van der Waals surface area contributed by atoms with Crippen LogP contribution in [0.15, 0.2) is 67.1 Å². The van der Waals surface area contributed by atoms with E-state index in [0.29, 0.717) is 5.56 Å². The smallest absolute Gasteiger partial charge is 0.292 e. The van der Waals surface area contributed by atoms with E-state index >= 15 is 0 Å². The Labute approximate surface area is 192 Å². The van der Waals surface area contributed by atoms with Crippen molar-refractivity contribution in [3.05, 3.63) is 84.3 Å². The minimum absolute atomic E-state index is 0.0109. The molecular formula is C26H26FN5O. The van der Waals surface area contributed by atoms with Gasteiger partial charge >= 0.3 is 0 Å². The SMILES string of the molecule is CN1CCC(N(Cc2cc(-c3ccc4[nH]ccc4c3)ccc2F)C(=O)c2ncccn2)CC1. The molecule has 0 radical (unpaired) electrons. The van der Waals surface area contributed by atoms with Gasteiger partial charge in [0.15, 0.2) is 0 Å². The van der Waals surface area contributed by atoms with Gasteiger partial charge in [0.1, 0.15) is 5.82 Å². The lowest BCUT2D eigenvalue weighted by atomic mass is 9.99. The van der Waals surface area contributed by atoms with Crippen LogP contribution >= 0.6 is 0 Å². The molecule has 4 aromatic rings. The van der Waals surface area contributed by atoms with Crippen molar-refractivity contribution >= 4 is 16.8 Å². The summed E-state index contributed by atoms with van der Waals surface area (Å²) in [4.78, 5) is 28.9. The fraction of sp³-hybridized carbons (Fsp3) is 0.269. The highest BCUT2D eigenvalue weighted by Crippen LogP contribution is 2.28. The lowest BCUT2D eigenvalue weighted by Crippen LogP contribution is -2.46. The average Bonchev–Trinajstić information content (AvgIpc) is 3.32. The molecule has 3 heterocycles. The summed E-state index contributed by atoms with van der Waals surface area (Å²) in [5.74, 6) is -0.434. The molecule has 1 N–H and O–H groups in total. The summed E-state index contributed by atoms with van der Waals surface area (Å²) in [6.07, 6.45) is 6.69. The van der Waals surface area contributed by atoms with Gasteiger partial charge in [-0.15, -0.1) is 0 Å². The molecule has 2 aromatic heterocycles. The average molecular weight is 444 g/mol. The molecule has 5 rings (SSSR count). The first-order valence-electron chi connectivity index (χ1n) is 11.2. The highest BCUT2D eigenvalue weighted by atomic mass is 19.1. The fourth-order valence-electron chi connectivity index (χ4n) is 4.50. The number of aromatic amines is 1. The normalized spacial score (nSPS) is 15.1. The van der Waals surface area contributed by atoms with Gasteiger partial charge in [0.2, 0.25) is 5.82 Å². The van der Waals surface area contributed by atoms with Crippen molar-refractivity contribution in [3.8, 4) is 11.1 Å². The van der Waals surface area contributed by atoms with Crippen LogP contribution in [-0.2, 0) is 6.54 Å². The third-order valence-electron chi connectivity index (χ3n) is 6.42. The number of carbonyl (C=O) groups is 1. The molecule has 0 atom stereocenters. The van der Waals surface area contributed by atoms with E-state index in [-0.39, 0.29) is 30.1 Å². The summed E-state index contributed by atoms with van der Waals surface area (Å²) in [6.45, 7) is 1.96. The van der Waals surface area contributed by atoms with Crippen molar-refractivity contribution in [2.45, 2.75) is 25.4 Å². The second kappa shape index (κ2) is 9.11. The van der Waals surface area contributed by atoms with Gasteiger partial charge < -0.3 is 14.8 Å². The van der Waals surface area contributed by atoms with Crippen LogP contribution in [0.4, 0.5) is 4.39 Å². The summed E-state index contributed by atoms with van der Waals surface area (Å²) in [5.41, 5.74) is 3.47. The maximum Gasteiger partial charge on any atom is 0.292 e. The molecule has 1 saturated heterocycles. The molecule has 0 bridgehead atoms. The Morgan fingerprint density at radius 3 is 2.61 bits per heavy atom. The summed E-state index contributed by atoms with van der Waals surface area (Å²) in [6, 6.07) is 15.0. The maximum absolute atomic E-state index is 15.0. The number of rotatable bonds is 5. The second-order valence-corrected chi connectivity index (χ2v) is 8.63. The maximum atomic E-state index is 15.0. The van der Waals surface area contributed by atoms with Crippen molar-refractivity contribution in [1.82, 2.24) is 24.8 Å². The number of amides is 1. The van der Waals surface area contributed by atoms with Crippen molar-refractivity contribution in [1.29, 1.82) is 0 Å². The van der Waals surface area contributed by atoms with Crippen LogP contribution in [0.25, 0.3) is 22.0 Å². The van der Waals surface area contributed by atoms with E-state index in [9.17, 15) is 9.18 Å². The molecule has 1 fully saturated rings. The van der Waals surface area contributed by atoms with E-state index in [2.05, 4.69) is 33.0 Å². The third kappa shape index (κ3) is 4.50. The number of piperidine rings is 1. The van der Waals surface area contributed by atoms with E-state index in [1.807, 2.05) is 30.5 Å². The van der Waals surface area contributed by atoms with E-state index < -0.39 is 0 Å². The Morgan fingerprint density at radius 1 is 1.09 bits per heavy atom. The topological polar surface area (TPSA) is 65.1 Å². The van der Waals surface area contributed by atoms with Gasteiger partial charge in [-0.3, -0.25) is 4.79 Å². The number of benzene rings is 2. The summed E-state index contributed by atoms with van der Waals surface area (Å²) < 4.78 is 15.0. The van der Waals surface area contributed by atoms with Crippen LogP contribution in [0.5, 0.6) is 0 Å². The predicted octanol–water partition coefficient (Wildman–Crippen LogP) is 4.50. The highest BCUT2D eigenvalue weighted by Gasteiger charge is 2.30. The number of halogens is 1. The number of hydrogen-bond donors (Lipinski definition) is 1. The molecule has 7 heteroatoms. The Bertz CT molecular complexity index is 1260. The Balaban J connectivity index is 1.47. The van der Waals surface area contributed by atoms with Crippen LogP contribution in [0.3, 0.4) is 0 Å². The number of nitrogens with zero attached hydrogens (tertiary/aromatic N) is 4. The zero-order valence-corrected chi connectivity index (χ0v) is 18.5. The van der Waals surface area contributed by atoms with Crippen LogP contribution < -0.4 is 0 Å².